The third-order valence-electron chi connectivity index (χ3n) is 6.26. The number of hydrogen-bond acceptors (Lipinski definition) is 7. The molecule has 0 unspecified atom stereocenters. The van der Waals surface area contributed by atoms with Gasteiger partial charge in [0.1, 0.15) is 17.4 Å². The number of carbonyl (C=O) groups is 2. The van der Waals surface area contributed by atoms with Crippen LogP contribution in [-0.4, -0.2) is 26.9 Å². The van der Waals surface area contributed by atoms with Gasteiger partial charge in [-0.2, -0.15) is 5.26 Å². The monoisotopic (exact) mass is 613 g/mol. The summed E-state index contributed by atoms with van der Waals surface area (Å²) in [5.41, 5.74) is 1.76. The maximum absolute atomic E-state index is 13.5. The van der Waals surface area contributed by atoms with E-state index in [-0.39, 0.29) is 22.7 Å². The quantitative estimate of drug-likeness (QED) is 0.185. The standard InChI is InChI=1S/C32H21F2N3O6S/c33-26-15-14-24(17-27(26)34)44(40,41)37-23-13-7-12-22(16-23)32(39)42-19-28(38)36-31-25(18-35)29(20-8-3-1-4-9-20)30(43-31)21-10-5-2-6-11-21/h1-17,37H,19H2,(H,36,38). The van der Waals surface area contributed by atoms with Crippen molar-refractivity contribution in [2.24, 2.45) is 0 Å². The molecular weight excluding hydrogens is 592 g/mol. The van der Waals surface area contributed by atoms with Gasteiger partial charge in [0.2, 0.25) is 5.88 Å². The number of furan rings is 1. The summed E-state index contributed by atoms with van der Waals surface area (Å²) in [6.45, 7) is -0.753. The first-order valence-electron chi connectivity index (χ1n) is 12.9. The predicted octanol–water partition coefficient (Wildman–Crippen LogP) is 6.36. The van der Waals surface area contributed by atoms with Gasteiger partial charge in [-0.1, -0.05) is 66.7 Å². The highest BCUT2D eigenvalue weighted by atomic mass is 32.2. The van der Waals surface area contributed by atoms with Crippen LogP contribution in [-0.2, 0) is 19.6 Å². The van der Waals surface area contributed by atoms with Crippen molar-refractivity contribution in [1.29, 1.82) is 5.26 Å². The van der Waals surface area contributed by atoms with Gasteiger partial charge in [-0.15, -0.1) is 0 Å². The molecule has 4 aromatic carbocycles. The third-order valence-corrected chi connectivity index (χ3v) is 7.64. The Bertz CT molecular complexity index is 2010. The van der Waals surface area contributed by atoms with Crippen LogP contribution >= 0.6 is 0 Å². The van der Waals surface area contributed by atoms with Crippen molar-refractivity contribution in [3.05, 3.63) is 126 Å². The van der Waals surface area contributed by atoms with Gasteiger partial charge >= 0.3 is 5.97 Å². The molecule has 0 saturated heterocycles. The molecular formula is C32H21F2N3O6S. The molecule has 1 heterocycles. The first-order chi connectivity index (χ1) is 21.2. The molecule has 2 N–H and O–H groups in total. The van der Waals surface area contributed by atoms with Crippen LogP contribution in [0.4, 0.5) is 20.4 Å². The van der Waals surface area contributed by atoms with Gasteiger partial charge in [0.05, 0.1) is 10.5 Å². The van der Waals surface area contributed by atoms with Crippen molar-refractivity contribution in [3.8, 4) is 28.5 Å². The molecule has 0 aliphatic heterocycles. The van der Waals surface area contributed by atoms with Gasteiger partial charge < -0.3 is 9.15 Å². The number of nitriles is 1. The molecule has 9 nitrogen and oxygen atoms in total. The molecule has 1 amide bonds. The SMILES string of the molecule is N#Cc1c(NC(=O)COC(=O)c2cccc(NS(=O)(=O)c3ccc(F)c(F)c3)c2)oc(-c2ccccc2)c1-c1ccccc1. The number of esters is 1. The number of nitrogens with one attached hydrogen (secondary N) is 2. The van der Waals surface area contributed by atoms with Crippen LogP contribution in [0.2, 0.25) is 0 Å². The molecule has 0 fully saturated rings. The molecule has 44 heavy (non-hydrogen) atoms. The Labute approximate surface area is 250 Å². The van der Waals surface area contributed by atoms with Crippen molar-refractivity contribution < 1.29 is 35.9 Å². The van der Waals surface area contributed by atoms with E-state index in [0.717, 1.165) is 12.1 Å². The van der Waals surface area contributed by atoms with Crippen LogP contribution in [0.3, 0.4) is 0 Å². The fraction of sp³-hybridized carbons (Fsp3) is 0.0312. The summed E-state index contributed by atoms with van der Waals surface area (Å²) in [5, 5.41) is 12.5. The lowest BCUT2D eigenvalue weighted by Gasteiger charge is -2.10. The highest BCUT2D eigenvalue weighted by Gasteiger charge is 2.25. The number of hydrogen-bond donors (Lipinski definition) is 2. The zero-order chi connectivity index (χ0) is 31.3. The molecule has 12 heteroatoms. The molecule has 0 atom stereocenters. The van der Waals surface area contributed by atoms with E-state index in [9.17, 15) is 32.0 Å². The van der Waals surface area contributed by atoms with E-state index >= 15 is 0 Å². The summed E-state index contributed by atoms with van der Waals surface area (Å²) in [5.74, 6) is -4.06. The average molecular weight is 614 g/mol. The minimum Gasteiger partial charge on any atom is -0.452 e. The topological polar surface area (TPSA) is 138 Å². The Hall–Kier alpha value is -5.80. The lowest BCUT2D eigenvalue weighted by molar-refractivity contribution is -0.119. The second kappa shape index (κ2) is 12.6. The van der Waals surface area contributed by atoms with Gasteiger partial charge in [0.15, 0.2) is 18.2 Å². The average Bonchev–Trinajstić information content (AvgIpc) is 3.39. The van der Waals surface area contributed by atoms with Crippen LogP contribution < -0.4 is 10.0 Å². The fourth-order valence-corrected chi connectivity index (χ4v) is 5.30. The normalized spacial score (nSPS) is 10.9. The molecule has 0 aliphatic carbocycles. The van der Waals surface area contributed by atoms with Crippen molar-refractivity contribution in [1.82, 2.24) is 0 Å². The van der Waals surface area contributed by atoms with Crippen molar-refractivity contribution in [3.63, 3.8) is 0 Å². The van der Waals surface area contributed by atoms with Crippen LogP contribution in [0.15, 0.2) is 112 Å². The second-order valence-corrected chi connectivity index (χ2v) is 10.9. The smallest absolute Gasteiger partial charge is 0.338 e. The van der Waals surface area contributed by atoms with E-state index in [1.807, 2.05) is 12.1 Å². The highest BCUT2D eigenvalue weighted by Crippen LogP contribution is 2.41. The molecule has 0 bridgehead atoms. The van der Waals surface area contributed by atoms with Gasteiger partial charge in [-0.25, -0.2) is 22.0 Å². The van der Waals surface area contributed by atoms with E-state index in [2.05, 4.69) is 16.1 Å². The lowest BCUT2D eigenvalue weighted by atomic mass is 9.98. The first-order valence-corrected chi connectivity index (χ1v) is 14.4. The Morgan fingerprint density at radius 2 is 1.52 bits per heavy atom. The number of halogens is 2. The number of sulfonamides is 1. The summed E-state index contributed by atoms with van der Waals surface area (Å²) in [6.07, 6.45) is 0. The van der Waals surface area contributed by atoms with Crippen LogP contribution in [0.5, 0.6) is 0 Å². The summed E-state index contributed by atoms with van der Waals surface area (Å²) in [4.78, 5) is 24.9. The minimum atomic E-state index is -4.31. The lowest BCUT2D eigenvalue weighted by Crippen LogP contribution is -2.21. The van der Waals surface area contributed by atoms with E-state index in [1.54, 1.807) is 48.5 Å². The third kappa shape index (κ3) is 6.48. The molecule has 5 rings (SSSR count). The Kier molecular flexibility index (Phi) is 8.50. The van der Waals surface area contributed by atoms with Crippen molar-refractivity contribution in [2.45, 2.75) is 4.90 Å². The molecule has 5 aromatic rings. The number of anilines is 2. The Morgan fingerprint density at radius 3 is 2.18 bits per heavy atom. The van der Waals surface area contributed by atoms with Gasteiger partial charge in [-0.3, -0.25) is 14.8 Å². The number of nitrogens with zero attached hydrogens (tertiary/aromatic N) is 1. The highest BCUT2D eigenvalue weighted by molar-refractivity contribution is 7.92. The number of rotatable bonds is 9. The Balaban J connectivity index is 1.30. The summed E-state index contributed by atoms with van der Waals surface area (Å²) in [6, 6.07) is 27.4. The second-order valence-electron chi connectivity index (χ2n) is 9.24. The van der Waals surface area contributed by atoms with E-state index in [0.29, 0.717) is 34.6 Å². The molecule has 0 radical (unpaired) electrons. The van der Waals surface area contributed by atoms with Crippen LogP contribution in [0.25, 0.3) is 22.5 Å². The van der Waals surface area contributed by atoms with Crippen LogP contribution in [0, 0.1) is 23.0 Å². The van der Waals surface area contributed by atoms with E-state index in [4.69, 9.17) is 9.15 Å². The summed E-state index contributed by atoms with van der Waals surface area (Å²) in [7, 11) is -4.31. The molecule has 0 spiro atoms. The first kappa shape index (κ1) is 29.7. The number of amides is 1. The van der Waals surface area contributed by atoms with Gasteiger partial charge in [0.25, 0.3) is 15.9 Å². The largest absolute Gasteiger partial charge is 0.452 e. The van der Waals surface area contributed by atoms with E-state index < -0.39 is 45.0 Å². The summed E-state index contributed by atoms with van der Waals surface area (Å²) < 4.78 is 65.2. The fourth-order valence-electron chi connectivity index (χ4n) is 4.24. The van der Waals surface area contributed by atoms with E-state index in [1.165, 1.54) is 18.2 Å². The van der Waals surface area contributed by atoms with Gasteiger partial charge in [0, 0.05) is 16.8 Å². The maximum atomic E-state index is 13.5. The minimum absolute atomic E-state index is 0.0650. The van der Waals surface area contributed by atoms with Crippen molar-refractivity contribution >= 4 is 33.5 Å². The Morgan fingerprint density at radius 1 is 0.841 bits per heavy atom. The zero-order valence-electron chi connectivity index (χ0n) is 22.6. The molecule has 220 valence electrons. The van der Waals surface area contributed by atoms with Crippen molar-refractivity contribution in [2.75, 3.05) is 16.6 Å². The van der Waals surface area contributed by atoms with Gasteiger partial charge in [-0.05, 0) is 42.0 Å². The number of ether oxygens (including phenoxy) is 1. The molecule has 0 aliphatic rings. The van der Waals surface area contributed by atoms with Crippen LogP contribution in [0.1, 0.15) is 15.9 Å². The predicted molar refractivity (Wildman–Crippen MR) is 157 cm³/mol. The summed E-state index contributed by atoms with van der Waals surface area (Å²) >= 11 is 0. The number of benzene rings is 4. The number of carbonyl (C=O) groups excluding carboxylic acids is 2. The molecule has 0 saturated carbocycles. The zero-order valence-corrected chi connectivity index (χ0v) is 23.4. The maximum Gasteiger partial charge on any atom is 0.338 e. The molecule has 1 aromatic heterocycles.